The average molecular weight is 386 g/mol. The van der Waals surface area contributed by atoms with Gasteiger partial charge in [-0.25, -0.2) is 8.42 Å². The van der Waals surface area contributed by atoms with Gasteiger partial charge in [-0.1, -0.05) is 6.07 Å². The Kier molecular flexibility index (Phi) is 4.94. The molecule has 1 amide bonds. The summed E-state index contributed by atoms with van der Waals surface area (Å²) in [6, 6.07) is 8.42. The van der Waals surface area contributed by atoms with Crippen molar-refractivity contribution in [3.05, 3.63) is 53.9 Å². The van der Waals surface area contributed by atoms with Crippen molar-refractivity contribution in [3.8, 4) is 0 Å². The summed E-state index contributed by atoms with van der Waals surface area (Å²) in [6.07, 6.45) is 5.25. The maximum Gasteiger partial charge on any atom is 0.243 e. The van der Waals surface area contributed by atoms with E-state index in [9.17, 15) is 13.2 Å². The minimum atomic E-state index is -3.67. The van der Waals surface area contributed by atoms with E-state index in [2.05, 4.69) is 15.6 Å². The van der Waals surface area contributed by atoms with E-state index in [0.29, 0.717) is 44.6 Å². The largest absolute Gasteiger partial charge is 0.326 e. The highest BCUT2D eigenvalue weighted by Crippen LogP contribution is 2.31. The van der Waals surface area contributed by atoms with Crippen LogP contribution >= 0.6 is 0 Å². The first-order valence-electron chi connectivity index (χ1n) is 9.11. The zero-order valence-electron chi connectivity index (χ0n) is 14.9. The van der Waals surface area contributed by atoms with E-state index >= 15 is 0 Å². The fourth-order valence-corrected chi connectivity index (χ4v) is 5.34. The number of hydrogen-bond acceptors (Lipinski definition) is 5. The van der Waals surface area contributed by atoms with Crippen molar-refractivity contribution in [3.63, 3.8) is 0 Å². The highest BCUT2D eigenvalue weighted by atomic mass is 32.2. The predicted octanol–water partition coefficient (Wildman–Crippen LogP) is 1.69. The van der Waals surface area contributed by atoms with Crippen molar-refractivity contribution in [2.75, 3.05) is 25.0 Å². The van der Waals surface area contributed by atoms with Gasteiger partial charge in [0.1, 0.15) is 0 Å². The number of hydrogen-bond donors (Lipinski definition) is 2. The predicted molar refractivity (Wildman–Crippen MR) is 102 cm³/mol. The lowest BCUT2D eigenvalue weighted by Gasteiger charge is -2.35. The molecule has 0 radical (unpaired) electrons. The number of anilines is 1. The van der Waals surface area contributed by atoms with Gasteiger partial charge in [0, 0.05) is 44.1 Å². The summed E-state index contributed by atoms with van der Waals surface area (Å²) in [7, 11) is -3.67. The third kappa shape index (κ3) is 3.60. The maximum atomic E-state index is 13.4. The standard InChI is InChI=1S/C19H22N4O3S/c24-19-5-1-3-14-11-16(6-7-17(14)22-19)27(25,26)23-10-9-21-13-18(23)15-4-2-8-20-12-15/h2,4,6-8,11-12,18,21H,1,3,5,9-10,13H2,(H,22,24). The molecular formula is C19H22N4O3S. The molecule has 0 bridgehead atoms. The molecule has 0 aliphatic carbocycles. The molecule has 2 aliphatic heterocycles. The second-order valence-electron chi connectivity index (χ2n) is 6.84. The van der Waals surface area contributed by atoms with E-state index in [1.165, 1.54) is 0 Å². The van der Waals surface area contributed by atoms with Crippen LogP contribution in [0.25, 0.3) is 0 Å². The number of sulfonamides is 1. The summed E-state index contributed by atoms with van der Waals surface area (Å²) >= 11 is 0. The first kappa shape index (κ1) is 18.1. The molecule has 1 atom stereocenters. The lowest BCUT2D eigenvalue weighted by atomic mass is 10.1. The topological polar surface area (TPSA) is 91.4 Å². The van der Waals surface area contributed by atoms with Crippen molar-refractivity contribution in [2.45, 2.75) is 30.2 Å². The minimum Gasteiger partial charge on any atom is -0.326 e. The summed E-state index contributed by atoms with van der Waals surface area (Å²) in [5.41, 5.74) is 2.45. The van der Waals surface area contributed by atoms with Gasteiger partial charge in [0.2, 0.25) is 15.9 Å². The first-order valence-corrected chi connectivity index (χ1v) is 10.5. The van der Waals surface area contributed by atoms with Gasteiger partial charge in [-0.2, -0.15) is 4.31 Å². The summed E-state index contributed by atoms with van der Waals surface area (Å²) in [4.78, 5) is 16.1. The van der Waals surface area contributed by atoms with Gasteiger partial charge in [0.15, 0.2) is 0 Å². The molecule has 1 saturated heterocycles. The summed E-state index contributed by atoms with van der Waals surface area (Å²) in [5, 5.41) is 6.12. The Balaban J connectivity index is 1.69. The first-order chi connectivity index (χ1) is 13.1. The number of amides is 1. The third-order valence-electron chi connectivity index (χ3n) is 5.07. The second-order valence-corrected chi connectivity index (χ2v) is 8.73. The SMILES string of the molecule is O=C1CCCc2cc(S(=O)(=O)N3CCNCC3c3cccnc3)ccc2N1. The van der Waals surface area contributed by atoms with Gasteiger partial charge in [-0.05, 0) is 48.2 Å². The molecule has 2 aliphatic rings. The molecule has 3 heterocycles. The smallest absolute Gasteiger partial charge is 0.243 e. The number of pyridine rings is 1. The van der Waals surface area contributed by atoms with Gasteiger partial charge in [0.25, 0.3) is 0 Å². The normalized spacial score (nSPS) is 21.2. The summed E-state index contributed by atoms with van der Waals surface area (Å²) in [5.74, 6) is -0.0249. The Morgan fingerprint density at radius 3 is 2.89 bits per heavy atom. The second kappa shape index (κ2) is 7.38. The van der Waals surface area contributed by atoms with Crippen molar-refractivity contribution in [1.29, 1.82) is 0 Å². The zero-order chi connectivity index (χ0) is 18.9. The van der Waals surface area contributed by atoms with Gasteiger partial charge < -0.3 is 10.6 Å². The fraction of sp³-hybridized carbons (Fsp3) is 0.368. The zero-order valence-corrected chi connectivity index (χ0v) is 15.7. The molecule has 142 valence electrons. The molecule has 1 fully saturated rings. The van der Waals surface area contributed by atoms with Crippen LogP contribution in [0.5, 0.6) is 0 Å². The molecule has 0 saturated carbocycles. The molecule has 27 heavy (non-hydrogen) atoms. The van der Waals surface area contributed by atoms with Crippen molar-refractivity contribution >= 4 is 21.6 Å². The quantitative estimate of drug-likeness (QED) is 0.838. The Hall–Kier alpha value is -2.29. The molecule has 2 aromatic rings. The Bertz CT molecular complexity index is 947. The number of nitrogens with zero attached hydrogens (tertiary/aromatic N) is 2. The van der Waals surface area contributed by atoms with Gasteiger partial charge >= 0.3 is 0 Å². The average Bonchev–Trinajstić information content (AvgIpc) is 2.88. The number of carbonyl (C=O) groups is 1. The number of rotatable bonds is 3. The van der Waals surface area contributed by atoms with Gasteiger partial charge in [-0.3, -0.25) is 9.78 Å². The lowest BCUT2D eigenvalue weighted by Crippen LogP contribution is -2.48. The highest BCUT2D eigenvalue weighted by Gasteiger charge is 2.35. The third-order valence-corrected chi connectivity index (χ3v) is 6.97. The lowest BCUT2D eigenvalue weighted by molar-refractivity contribution is -0.116. The number of fused-ring (bicyclic) bond motifs is 1. The van der Waals surface area contributed by atoms with Crippen molar-refractivity contribution in [2.24, 2.45) is 0 Å². The Morgan fingerprint density at radius 2 is 2.07 bits per heavy atom. The van der Waals surface area contributed by atoms with Crippen LogP contribution in [-0.4, -0.2) is 43.2 Å². The number of aryl methyl sites for hydroxylation is 1. The maximum absolute atomic E-state index is 13.4. The van der Waals surface area contributed by atoms with E-state index in [0.717, 1.165) is 11.1 Å². The van der Waals surface area contributed by atoms with Crippen LogP contribution in [0.15, 0.2) is 47.6 Å². The number of benzene rings is 1. The molecule has 2 N–H and O–H groups in total. The van der Waals surface area contributed by atoms with E-state index in [1.807, 2.05) is 12.1 Å². The number of piperazine rings is 1. The van der Waals surface area contributed by atoms with E-state index in [4.69, 9.17) is 0 Å². The van der Waals surface area contributed by atoms with Crippen LogP contribution in [-0.2, 0) is 21.2 Å². The molecule has 1 aromatic heterocycles. The van der Waals surface area contributed by atoms with E-state index < -0.39 is 10.0 Å². The molecule has 8 heteroatoms. The molecular weight excluding hydrogens is 364 g/mol. The summed E-state index contributed by atoms with van der Waals surface area (Å²) < 4.78 is 28.3. The van der Waals surface area contributed by atoms with Crippen LogP contribution in [0, 0.1) is 0 Å². The fourth-order valence-electron chi connectivity index (χ4n) is 3.68. The number of aromatic nitrogens is 1. The van der Waals surface area contributed by atoms with Crippen LogP contribution in [0.2, 0.25) is 0 Å². The van der Waals surface area contributed by atoms with Crippen LogP contribution in [0.4, 0.5) is 5.69 Å². The molecule has 1 aromatic carbocycles. The molecule has 4 rings (SSSR count). The highest BCUT2D eigenvalue weighted by molar-refractivity contribution is 7.89. The monoisotopic (exact) mass is 386 g/mol. The number of nitrogens with one attached hydrogen (secondary N) is 2. The molecule has 0 spiro atoms. The van der Waals surface area contributed by atoms with Crippen LogP contribution in [0.1, 0.15) is 30.0 Å². The molecule has 7 nitrogen and oxygen atoms in total. The Morgan fingerprint density at radius 1 is 1.19 bits per heavy atom. The summed E-state index contributed by atoms with van der Waals surface area (Å²) in [6.45, 7) is 1.55. The van der Waals surface area contributed by atoms with Gasteiger partial charge in [-0.15, -0.1) is 0 Å². The van der Waals surface area contributed by atoms with Crippen LogP contribution < -0.4 is 10.6 Å². The van der Waals surface area contributed by atoms with E-state index in [-0.39, 0.29) is 16.8 Å². The minimum absolute atomic E-state index is 0.0249. The van der Waals surface area contributed by atoms with Crippen LogP contribution in [0.3, 0.4) is 0 Å². The van der Waals surface area contributed by atoms with Gasteiger partial charge in [0.05, 0.1) is 10.9 Å². The molecule has 1 unspecified atom stereocenters. The number of carbonyl (C=O) groups excluding carboxylic acids is 1. The Labute approximate surface area is 158 Å². The van der Waals surface area contributed by atoms with Crippen molar-refractivity contribution < 1.29 is 13.2 Å². The van der Waals surface area contributed by atoms with Crippen molar-refractivity contribution in [1.82, 2.24) is 14.6 Å². The van der Waals surface area contributed by atoms with E-state index in [1.54, 1.807) is 34.9 Å².